The van der Waals surface area contributed by atoms with Crippen LogP contribution in [-0.4, -0.2) is 10.9 Å². The van der Waals surface area contributed by atoms with E-state index < -0.39 is 11.5 Å². The summed E-state index contributed by atoms with van der Waals surface area (Å²) < 4.78 is 0. The fourth-order valence-electron chi connectivity index (χ4n) is 2.72. The van der Waals surface area contributed by atoms with Gasteiger partial charge in [0.15, 0.2) is 0 Å². The maximum absolute atomic E-state index is 12.5. The molecular weight excluding hydrogens is 236 g/mol. The zero-order valence-electron chi connectivity index (χ0n) is 12.4. The number of Topliss-reactive ketones (excluding diaryl/α,β-unsaturated/α-hetero) is 1. The number of carbonyl (C=O) groups is 1. The Morgan fingerprint density at radius 2 is 1.74 bits per heavy atom. The molecule has 1 N–H and O–H groups in total. The Kier molecular flexibility index (Phi) is 6.23. The molecule has 0 aromatic heterocycles. The highest BCUT2D eigenvalue weighted by Gasteiger charge is 2.41. The number of hydrogen-bond donors (Lipinski definition) is 1. The second-order valence-electron chi connectivity index (χ2n) is 5.20. The number of aliphatic hydroxyl groups excluding tert-OH is 1. The molecule has 1 atom stereocenters. The summed E-state index contributed by atoms with van der Waals surface area (Å²) in [4.78, 5) is 12.5. The van der Waals surface area contributed by atoms with E-state index in [2.05, 4.69) is 6.92 Å². The van der Waals surface area contributed by atoms with Crippen LogP contribution in [0.3, 0.4) is 0 Å². The van der Waals surface area contributed by atoms with E-state index in [0.29, 0.717) is 19.3 Å². The first-order valence-corrected chi connectivity index (χ1v) is 7.38. The molecule has 1 rings (SSSR count). The van der Waals surface area contributed by atoms with Gasteiger partial charge in [-0.1, -0.05) is 57.5 Å². The van der Waals surface area contributed by atoms with Crippen molar-refractivity contribution in [3.63, 3.8) is 0 Å². The standard InChI is InChI=1S/C17H26O2/c1-4-7-13-15(18)17(5-2,6-3)16(19)14-11-9-8-10-12-14/h8-12,16,19H,4-7,13H2,1-3H3. The average Bonchev–Trinajstić information content (AvgIpc) is 2.47. The zero-order valence-corrected chi connectivity index (χ0v) is 12.4. The van der Waals surface area contributed by atoms with Crippen molar-refractivity contribution in [1.82, 2.24) is 0 Å². The molecule has 0 fully saturated rings. The Balaban J connectivity index is 3.01. The molecule has 2 nitrogen and oxygen atoms in total. The van der Waals surface area contributed by atoms with Crippen LogP contribution in [0.25, 0.3) is 0 Å². The highest BCUT2D eigenvalue weighted by molar-refractivity contribution is 5.85. The van der Waals surface area contributed by atoms with E-state index in [1.54, 1.807) is 0 Å². The number of hydrogen-bond acceptors (Lipinski definition) is 2. The maximum Gasteiger partial charge on any atom is 0.141 e. The summed E-state index contributed by atoms with van der Waals surface area (Å²) in [5, 5.41) is 10.7. The maximum atomic E-state index is 12.5. The third-order valence-electron chi connectivity index (χ3n) is 4.21. The highest BCUT2D eigenvalue weighted by Crippen LogP contribution is 2.42. The minimum absolute atomic E-state index is 0.204. The Morgan fingerprint density at radius 3 is 2.21 bits per heavy atom. The predicted octanol–water partition coefficient (Wildman–Crippen LogP) is 4.29. The van der Waals surface area contributed by atoms with E-state index >= 15 is 0 Å². The van der Waals surface area contributed by atoms with Gasteiger partial charge in [0.2, 0.25) is 0 Å². The van der Waals surface area contributed by atoms with Crippen molar-refractivity contribution in [2.45, 2.75) is 59.0 Å². The summed E-state index contributed by atoms with van der Waals surface area (Å²) in [5.74, 6) is 0.204. The molecule has 0 spiro atoms. The molecule has 1 aromatic rings. The third-order valence-corrected chi connectivity index (χ3v) is 4.21. The number of ketones is 1. The molecule has 106 valence electrons. The largest absolute Gasteiger partial charge is 0.387 e. The van der Waals surface area contributed by atoms with Crippen LogP contribution < -0.4 is 0 Å². The van der Waals surface area contributed by atoms with Gasteiger partial charge in [-0.25, -0.2) is 0 Å². The third kappa shape index (κ3) is 3.44. The number of aliphatic hydroxyl groups is 1. The number of rotatable bonds is 8. The lowest BCUT2D eigenvalue weighted by Gasteiger charge is -2.35. The van der Waals surface area contributed by atoms with Crippen LogP contribution in [0, 0.1) is 5.41 Å². The summed E-state index contributed by atoms with van der Waals surface area (Å²) in [6, 6.07) is 9.54. The average molecular weight is 262 g/mol. The molecule has 0 amide bonds. The van der Waals surface area contributed by atoms with Gasteiger partial charge in [-0.05, 0) is 24.8 Å². The molecular formula is C17H26O2. The summed E-state index contributed by atoms with van der Waals surface area (Å²) in [6.07, 6.45) is 3.15. The number of benzene rings is 1. The van der Waals surface area contributed by atoms with E-state index in [0.717, 1.165) is 18.4 Å². The van der Waals surface area contributed by atoms with Crippen molar-refractivity contribution in [2.75, 3.05) is 0 Å². The van der Waals surface area contributed by atoms with Crippen LogP contribution in [0.2, 0.25) is 0 Å². The molecule has 1 unspecified atom stereocenters. The zero-order chi connectivity index (χ0) is 14.3. The van der Waals surface area contributed by atoms with E-state index in [1.807, 2.05) is 44.2 Å². The smallest absolute Gasteiger partial charge is 0.141 e. The van der Waals surface area contributed by atoms with Crippen molar-refractivity contribution in [3.8, 4) is 0 Å². The molecule has 0 aliphatic rings. The molecule has 0 aliphatic carbocycles. The fraction of sp³-hybridized carbons (Fsp3) is 0.588. The first kappa shape index (κ1) is 15.9. The molecule has 0 radical (unpaired) electrons. The molecule has 0 heterocycles. The second-order valence-corrected chi connectivity index (χ2v) is 5.20. The van der Waals surface area contributed by atoms with Gasteiger partial charge in [0.25, 0.3) is 0 Å². The quantitative estimate of drug-likeness (QED) is 0.759. The highest BCUT2D eigenvalue weighted by atomic mass is 16.3. The van der Waals surface area contributed by atoms with Crippen molar-refractivity contribution in [2.24, 2.45) is 5.41 Å². The van der Waals surface area contributed by atoms with Gasteiger partial charge in [0.1, 0.15) is 5.78 Å². The van der Waals surface area contributed by atoms with E-state index in [1.165, 1.54) is 0 Å². The molecule has 0 saturated heterocycles. The Hall–Kier alpha value is -1.15. The van der Waals surface area contributed by atoms with Crippen LogP contribution in [0.5, 0.6) is 0 Å². The molecule has 19 heavy (non-hydrogen) atoms. The SMILES string of the molecule is CCCCC(=O)C(CC)(CC)C(O)c1ccccc1. The van der Waals surface area contributed by atoms with Gasteiger partial charge in [-0.3, -0.25) is 4.79 Å². The number of unbranched alkanes of at least 4 members (excludes halogenated alkanes) is 1. The Bertz CT molecular complexity index is 380. The minimum Gasteiger partial charge on any atom is -0.387 e. The predicted molar refractivity (Wildman–Crippen MR) is 78.9 cm³/mol. The molecule has 1 aromatic carbocycles. The first-order chi connectivity index (χ1) is 9.12. The lowest BCUT2D eigenvalue weighted by Crippen LogP contribution is -2.36. The summed E-state index contributed by atoms with van der Waals surface area (Å²) in [7, 11) is 0. The monoisotopic (exact) mass is 262 g/mol. The summed E-state index contributed by atoms with van der Waals surface area (Å²) >= 11 is 0. The van der Waals surface area contributed by atoms with Crippen LogP contribution in [-0.2, 0) is 4.79 Å². The topological polar surface area (TPSA) is 37.3 Å². The van der Waals surface area contributed by atoms with E-state index in [9.17, 15) is 9.90 Å². The van der Waals surface area contributed by atoms with Crippen molar-refractivity contribution in [1.29, 1.82) is 0 Å². The summed E-state index contributed by atoms with van der Waals surface area (Å²) in [6.45, 7) is 6.08. The van der Waals surface area contributed by atoms with E-state index in [4.69, 9.17) is 0 Å². The lowest BCUT2D eigenvalue weighted by molar-refractivity contribution is -0.137. The van der Waals surface area contributed by atoms with Gasteiger partial charge >= 0.3 is 0 Å². The first-order valence-electron chi connectivity index (χ1n) is 7.38. The molecule has 0 saturated carbocycles. The van der Waals surface area contributed by atoms with Gasteiger partial charge in [0, 0.05) is 6.42 Å². The fourth-order valence-corrected chi connectivity index (χ4v) is 2.72. The molecule has 0 aliphatic heterocycles. The Labute approximate surface area is 116 Å². The van der Waals surface area contributed by atoms with Gasteiger partial charge < -0.3 is 5.11 Å². The summed E-state index contributed by atoms with van der Waals surface area (Å²) in [5.41, 5.74) is 0.215. The normalized spacial score (nSPS) is 13.3. The lowest BCUT2D eigenvalue weighted by atomic mass is 9.70. The van der Waals surface area contributed by atoms with E-state index in [-0.39, 0.29) is 5.78 Å². The minimum atomic E-state index is -0.701. The van der Waals surface area contributed by atoms with Crippen molar-refractivity contribution >= 4 is 5.78 Å². The van der Waals surface area contributed by atoms with Gasteiger partial charge in [-0.15, -0.1) is 0 Å². The van der Waals surface area contributed by atoms with Gasteiger partial charge in [0.05, 0.1) is 11.5 Å². The molecule has 2 heteroatoms. The van der Waals surface area contributed by atoms with Crippen LogP contribution in [0.15, 0.2) is 30.3 Å². The van der Waals surface area contributed by atoms with Crippen molar-refractivity contribution < 1.29 is 9.90 Å². The Morgan fingerprint density at radius 1 is 1.16 bits per heavy atom. The van der Waals surface area contributed by atoms with Gasteiger partial charge in [-0.2, -0.15) is 0 Å². The molecule has 0 bridgehead atoms. The van der Waals surface area contributed by atoms with Crippen LogP contribution in [0.1, 0.15) is 64.5 Å². The van der Waals surface area contributed by atoms with Crippen molar-refractivity contribution in [3.05, 3.63) is 35.9 Å². The second kappa shape index (κ2) is 7.44. The number of carbonyl (C=O) groups excluding carboxylic acids is 1. The van der Waals surface area contributed by atoms with Crippen LogP contribution >= 0.6 is 0 Å². The van der Waals surface area contributed by atoms with Crippen LogP contribution in [0.4, 0.5) is 0 Å².